The molecule has 11 heavy (non-hydrogen) atoms. The Bertz CT molecular complexity index is 234. The minimum atomic E-state index is -0.872. The normalized spacial score (nSPS) is 47.2. The molecule has 0 bridgehead atoms. The van der Waals surface area contributed by atoms with Gasteiger partial charge < -0.3 is 10.8 Å². The second-order valence-corrected chi connectivity index (χ2v) is 3.30. The van der Waals surface area contributed by atoms with E-state index in [1.165, 1.54) is 0 Å². The fourth-order valence-electron chi connectivity index (χ4n) is 2.10. The Morgan fingerprint density at radius 3 is 2.55 bits per heavy atom. The zero-order valence-corrected chi connectivity index (χ0v) is 5.86. The summed E-state index contributed by atoms with van der Waals surface area (Å²) >= 11 is 0. The summed E-state index contributed by atoms with van der Waals surface area (Å²) in [4.78, 5) is 21.5. The van der Waals surface area contributed by atoms with E-state index in [9.17, 15) is 9.59 Å². The molecule has 0 aromatic heterocycles. The van der Waals surface area contributed by atoms with Gasteiger partial charge in [-0.05, 0) is 5.92 Å². The highest BCUT2D eigenvalue weighted by Gasteiger charge is 2.65. The SMILES string of the molecule is NC1CC(=O)C2C(C(=O)O)C12. The van der Waals surface area contributed by atoms with Crippen LogP contribution in [0.5, 0.6) is 0 Å². The summed E-state index contributed by atoms with van der Waals surface area (Å²) in [6.07, 6.45) is 0.374. The van der Waals surface area contributed by atoms with Crippen molar-refractivity contribution in [2.24, 2.45) is 23.5 Å². The molecule has 2 aliphatic rings. The molecule has 4 atom stereocenters. The van der Waals surface area contributed by atoms with Crippen LogP contribution in [-0.2, 0) is 9.59 Å². The summed E-state index contributed by atoms with van der Waals surface area (Å²) in [6, 6.07) is -0.200. The average molecular weight is 155 g/mol. The number of hydrogen-bond acceptors (Lipinski definition) is 3. The predicted octanol–water partition coefficient (Wildman–Crippen LogP) is -0.767. The van der Waals surface area contributed by atoms with Crippen LogP contribution in [0.1, 0.15) is 6.42 Å². The molecule has 0 amide bonds. The molecular weight excluding hydrogens is 146 g/mol. The topological polar surface area (TPSA) is 80.4 Å². The Morgan fingerprint density at radius 1 is 1.64 bits per heavy atom. The van der Waals surface area contributed by atoms with Crippen molar-refractivity contribution in [1.29, 1.82) is 0 Å². The van der Waals surface area contributed by atoms with Crippen LogP contribution in [0.4, 0.5) is 0 Å². The zero-order valence-electron chi connectivity index (χ0n) is 5.86. The first kappa shape index (κ1) is 6.79. The monoisotopic (exact) mass is 155 g/mol. The highest BCUT2D eigenvalue weighted by atomic mass is 16.4. The third-order valence-corrected chi connectivity index (χ3v) is 2.66. The Morgan fingerprint density at radius 2 is 2.27 bits per heavy atom. The maximum Gasteiger partial charge on any atom is 0.307 e. The summed E-state index contributed by atoms with van der Waals surface area (Å²) in [5.41, 5.74) is 5.55. The van der Waals surface area contributed by atoms with E-state index in [1.54, 1.807) is 0 Å². The van der Waals surface area contributed by atoms with E-state index in [4.69, 9.17) is 10.8 Å². The predicted molar refractivity (Wildman–Crippen MR) is 35.7 cm³/mol. The molecule has 0 saturated heterocycles. The molecule has 0 radical (unpaired) electrons. The van der Waals surface area contributed by atoms with Gasteiger partial charge in [-0.1, -0.05) is 0 Å². The zero-order chi connectivity index (χ0) is 8.17. The number of hydrogen-bond donors (Lipinski definition) is 2. The fraction of sp³-hybridized carbons (Fsp3) is 0.714. The lowest BCUT2D eigenvalue weighted by atomic mass is 10.1. The number of rotatable bonds is 1. The van der Waals surface area contributed by atoms with Gasteiger partial charge >= 0.3 is 5.97 Å². The van der Waals surface area contributed by atoms with Gasteiger partial charge in [0.2, 0.25) is 0 Å². The Kier molecular flexibility index (Phi) is 1.12. The second-order valence-electron chi connectivity index (χ2n) is 3.30. The van der Waals surface area contributed by atoms with Gasteiger partial charge in [0.25, 0.3) is 0 Å². The van der Waals surface area contributed by atoms with Crippen molar-refractivity contribution in [3.05, 3.63) is 0 Å². The average Bonchev–Trinajstić information content (AvgIpc) is 2.53. The summed E-state index contributed by atoms with van der Waals surface area (Å²) in [5.74, 6) is -1.60. The number of fused-ring (bicyclic) bond motifs is 1. The molecule has 0 aromatic rings. The molecule has 4 unspecified atom stereocenters. The van der Waals surface area contributed by atoms with Gasteiger partial charge in [0.05, 0.1) is 5.92 Å². The van der Waals surface area contributed by atoms with E-state index in [0.29, 0.717) is 6.42 Å². The standard InChI is InChI=1S/C7H9NO3/c8-2-1-3(9)5-4(2)6(5)7(10)11/h2,4-6H,1,8H2,(H,10,11). The lowest BCUT2D eigenvalue weighted by Crippen LogP contribution is -2.24. The Hall–Kier alpha value is -0.900. The highest BCUT2D eigenvalue weighted by Crippen LogP contribution is 2.54. The van der Waals surface area contributed by atoms with Crippen LogP contribution in [0.2, 0.25) is 0 Å². The molecule has 0 spiro atoms. The second kappa shape index (κ2) is 1.82. The third-order valence-electron chi connectivity index (χ3n) is 2.66. The van der Waals surface area contributed by atoms with Crippen LogP contribution in [0.3, 0.4) is 0 Å². The first-order valence-corrected chi connectivity index (χ1v) is 3.64. The van der Waals surface area contributed by atoms with E-state index >= 15 is 0 Å². The van der Waals surface area contributed by atoms with E-state index in [0.717, 1.165) is 0 Å². The molecule has 60 valence electrons. The molecule has 2 rings (SSSR count). The highest BCUT2D eigenvalue weighted by molar-refractivity contribution is 5.95. The van der Waals surface area contributed by atoms with Crippen molar-refractivity contribution in [3.8, 4) is 0 Å². The number of carboxylic acid groups (broad SMARTS) is 1. The number of carbonyl (C=O) groups excluding carboxylic acids is 1. The number of carboxylic acids is 1. The number of aliphatic carboxylic acids is 1. The largest absolute Gasteiger partial charge is 0.481 e. The van der Waals surface area contributed by atoms with E-state index in [-0.39, 0.29) is 23.7 Å². The maximum absolute atomic E-state index is 11.0. The van der Waals surface area contributed by atoms with Crippen LogP contribution >= 0.6 is 0 Å². The van der Waals surface area contributed by atoms with Crippen molar-refractivity contribution >= 4 is 11.8 Å². The fourth-order valence-corrected chi connectivity index (χ4v) is 2.10. The van der Waals surface area contributed by atoms with Gasteiger partial charge in [0, 0.05) is 18.4 Å². The Labute approximate surface area is 63.4 Å². The molecule has 0 aromatic carbocycles. The van der Waals surface area contributed by atoms with Crippen molar-refractivity contribution in [1.82, 2.24) is 0 Å². The molecule has 4 nitrogen and oxygen atoms in total. The first-order valence-electron chi connectivity index (χ1n) is 3.64. The van der Waals surface area contributed by atoms with E-state index in [1.807, 2.05) is 0 Å². The molecule has 0 heterocycles. The number of ketones is 1. The van der Waals surface area contributed by atoms with Gasteiger partial charge in [0.1, 0.15) is 5.78 Å². The van der Waals surface area contributed by atoms with Crippen molar-refractivity contribution in [2.75, 3.05) is 0 Å². The third kappa shape index (κ3) is 0.728. The van der Waals surface area contributed by atoms with Crippen molar-refractivity contribution in [2.45, 2.75) is 12.5 Å². The van der Waals surface area contributed by atoms with Crippen molar-refractivity contribution < 1.29 is 14.7 Å². The van der Waals surface area contributed by atoms with Crippen LogP contribution in [0.15, 0.2) is 0 Å². The van der Waals surface area contributed by atoms with Gasteiger partial charge in [-0.2, -0.15) is 0 Å². The van der Waals surface area contributed by atoms with Gasteiger partial charge in [0.15, 0.2) is 0 Å². The van der Waals surface area contributed by atoms with E-state index in [2.05, 4.69) is 0 Å². The minimum absolute atomic E-state index is 0.0369. The van der Waals surface area contributed by atoms with Gasteiger partial charge in [-0.25, -0.2) is 0 Å². The first-order chi connectivity index (χ1) is 5.13. The molecule has 2 saturated carbocycles. The number of Topliss-reactive ketones (excluding diaryl/α,β-unsaturated/α-hetero) is 1. The molecule has 3 N–H and O–H groups in total. The maximum atomic E-state index is 11.0. The lowest BCUT2D eigenvalue weighted by molar-refractivity contribution is -0.140. The molecule has 4 heteroatoms. The smallest absolute Gasteiger partial charge is 0.307 e. The summed E-state index contributed by atoms with van der Waals surface area (Å²) < 4.78 is 0. The lowest BCUT2D eigenvalue weighted by Gasteiger charge is -2.03. The van der Waals surface area contributed by atoms with Crippen LogP contribution < -0.4 is 5.73 Å². The quantitative estimate of drug-likeness (QED) is 0.521. The van der Waals surface area contributed by atoms with Gasteiger partial charge in [-0.15, -0.1) is 0 Å². The van der Waals surface area contributed by atoms with Gasteiger partial charge in [-0.3, -0.25) is 9.59 Å². The summed E-state index contributed by atoms with van der Waals surface area (Å²) in [5, 5.41) is 8.59. The summed E-state index contributed by atoms with van der Waals surface area (Å²) in [6.45, 7) is 0. The number of carbonyl (C=O) groups is 2. The molecular formula is C7H9NO3. The molecule has 0 aliphatic heterocycles. The summed E-state index contributed by atoms with van der Waals surface area (Å²) in [7, 11) is 0. The van der Waals surface area contributed by atoms with Crippen LogP contribution in [0.25, 0.3) is 0 Å². The van der Waals surface area contributed by atoms with Crippen LogP contribution in [0, 0.1) is 17.8 Å². The van der Waals surface area contributed by atoms with E-state index < -0.39 is 11.9 Å². The van der Waals surface area contributed by atoms with Crippen molar-refractivity contribution in [3.63, 3.8) is 0 Å². The van der Waals surface area contributed by atoms with Crippen LogP contribution in [-0.4, -0.2) is 22.9 Å². The molecule has 2 fully saturated rings. The molecule has 2 aliphatic carbocycles. The Balaban J connectivity index is 2.16. The minimum Gasteiger partial charge on any atom is -0.481 e. The number of nitrogens with two attached hydrogens (primary N) is 1.